The lowest BCUT2D eigenvalue weighted by atomic mass is 9.77. The molecule has 6 nitrogen and oxygen atoms in total. The van der Waals surface area contributed by atoms with Gasteiger partial charge in [-0.1, -0.05) is 58.9 Å². The molecule has 2 N–H and O–H groups in total. The van der Waals surface area contributed by atoms with E-state index in [0.29, 0.717) is 24.7 Å². The molecule has 1 saturated heterocycles. The average Bonchev–Trinajstić information content (AvgIpc) is 2.92. The maximum absolute atomic E-state index is 13.0. The molecule has 1 atom stereocenters. The molecule has 6 heteroatoms. The lowest BCUT2D eigenvalue weighted by molar-refractivity contribution is -0.136. The number of hydrogen-bond acceptors (Lipinski definition) is 3. The van der Waals surface area contributed by atoms with E-state index >= 15 is 0 Å². The zero-order chi connectivity index (χ0) is 22.1. The van der Waals surface area contributed by atoms with Gasteiger partial charge in [0.15, 0.2) is 0 Å². The molecule has 2 fully saturated rings. The number of nitrogens with zero attached hydrogens (tertiary/aromatic N) is 1. The van der Waals surface area contributed by atoms with Gasteiger partial charge in [-0.3, -0.25) is 14.5 Å². The quantitative estimate of drug-likeness (QED) is 0.689. The second kappa shape index (κ2) is 8.78. The molecule has 1 aromatic carbocycles. The van der Waals surface area contributed by atoms with Gasteiger partial charge >= 0.3 is 6.03 Å². The van der Waals surface area contributed by atoms with E-state index in [1.54, 1.807) is 0 Å². The van der Waals surface area contributed by atoms with Crippen LogP contribution < -0.4 is 10.6 Å². The van der Waals surface area contributed by atoms with Gasteiger partial charge in [-0.05, 0) is 54.6 Å². The summed E-state index contributed by atoms with van der Waals surface area (Å²) in [5.74, 6) is 0.615. The molecule has 0 bridgehead atoms. The zero-order valence-corrected chi connectivity index (χ0v) is 18.8. The van der Waals surface area contributed by atoms with Crippen molar-refractivity contribution >= 4 is 17.8 Å². The first kappa shape index (κ1) is 22.3. The lowest BCUT2D eigenvalue weighted by Gasteiger charge is -2.33. The molecule has 30 heavy (non-hydrogen) atoms. The van der Waals surface area contributed by atoms with Gasteiger partial charge in [0.1, 0.15) is 12.1 Å². The lowest BCUT2D eigenvalue weighted by Crippen LogP contribution is -2.50. The molecule has 1 aromatic rings. The Hall–Kier alpha value is -2.37. The van der Waals surface area contributed by atoms with Crippen LogP contribution in [0.4, 0.5) is 4.79 Å². The summed E-state index contributed by atoms with van der Waals surface area (Å²) in [4.78, 5) is 39.3. The maximum Gasteiger partial charge on any atom is 0.325 e. The minimum Gasteiger partial charge on any atom is -0.347 e. The Morgan fingerprint density at radius 2 is 1.67 bits per heavy atom. The van der Waals surface area contributed by atoms with E-state index in [1.807, 2.05) is 26.0 Å². The summed E-state index contributed by atoms with van der Waals surface area (Å²) in [6.07, 6.45) is 3.11. The summed E-state index contributed by atoms with van der Waals surface area (Å²) in [5, 5.41) is 5.91. The van der Waals surface area contributed by atoms with E-state index in [4.69, 9.17) is 0 Å². The van der Waals surface area contributed by atoms with Crippen molar-refractivity contribution in [3.8, 4) is 0 Å². The minimum atomic E-state index is -0.812. The number of imide groups is 1. The van der Waals surface area contributed by atoms with Gasteiger partial charge in [0.25, 0.3) is 5.91 Å². The highest BCUT2D eigenvalue weighted by Gasteiger charge is 2.52. The molecule has 0 unspecified atom stereocenters. The summed E-state index contributed by atoms with van der Waals surface area (Å²) in [6, 6.07) is 7.65. The van der Waals surface area contributed by atoms with Crippen LogP contribution in [0.15, 0.2) is 24.3 Å². The van der Waals surface area contributed by atoms with Crippen molar-refractivity contribution in [1.29, 1.82) is 0 Å². The van der Waals surface area contributed by atoms with E-state index < -0.39 is 11.6 Å². The molecular weight excluding hydrogens is 378 g/mol. The highest BCUT2D eigenvalue weighted by atomic mass is 16.2. The van der Waals surface area contributed by atoms with Gasteiger partial charge < -0.3 is 10.6 Å². The summed E-state index contributed by atoms with van der Waals surface area (Å²) >= 11 is 0. The fourth-order valence-electron chi connectivity index (χ4n) is 4.50. The standard InChI is InChI=1S/C24H35N3O3/c1-15(2)18-6-8-19(9-7-18)21(16(3)4)25-20(28)14-27-22(29)24(26-23(27)30)12-10-17(5)11-13-24/h6-9,15-17,21H,10-14H2,1-5H3,(H,25,28)(H,26,30)/t17?,21-,24?/m1/s1. The van der Waals surface area contributed by atoms with Crippen molar-refractivity contribution in [3.05, 3.63) is 35.4 Å². The van der Waals surface area contributed by atoms with Crippen molar-refractivity contribution in [2.45, 2.75) is 77.8 Å². The van der Waals surface area contributed by atoms with Crippen LogP contribution in [0.5, 0.6) is 0 Å². The summed E-state index contributed by atoms with van der Waals surface area (Å²) in [6.45, 7) is 10.3. The molecule has 0 radical (unpaired) electrons. The number of urea groups is 1. The molecule has 3 rings (SSSR count). The first-order valence-electron chi connectivity index (χ1n) is 11.2. The van der Waals surface area contributed by atoms with Crippen molar-refractivity contribution in [3.63, 3.8) is 0 Å². The summed E-state index contributed by atoms with van der Waals surface area (Å²) in [5.41, 5.74) is 1.46. The molecule has 1 saturated carbocycles. The van der Waals surface area contributed by atoms with Crippen LogP contribution >= 0.6 is 0 Å². The fraction of sp³-hybridized carbons (Fsp3) is 0.625. The number of rotatable bonds is 6. The molecule has 1 heterocycles. The van der Waals surface area contributed by atoms with Crippen molar-refractivity contribution < 1.29 is 14.4 Å². The number of hydrogen-bond donors (Lipinski definition) is 2. The van der Waals surface area contributed by atoms with E-state index in [1.165, 1.54) is 5.56 Å². The monoisotopic (exact) mass is 413 g/mol. The normalized spacial score (nSPS) is 25.2. The molecule has 2 aliphatic rings. The third-order valence-electron chi connectivity index (χ3n) is 6.62. The van der Waals surface area contributed by atoms with E-state index in [2.05, 4.69) is 43.5 Å². The van der Waals surface area contributed by atoms with Crippen LogP contribution in [0, 0.1) is 11.8 Å². The number of carbonyl (C=O) groups excluding carboxylic acids is 3. The molecule has 0 aromatic heterocycles. The average molecular weight is 414 g/mol. The van der Waals surface area contributed by atoms with Gasteiger partial charge in [-0.25, -0.2) is 4.79 Å². The topological polar surface area (TPSA) is 78.5 Å². The highest BCUT2D eigenvalue weighted by molar-refractivity contribution is 6.09. The van der Waals surface area contributed by atoms with Crippen molar-refractivity contribution in [2.75, 3.05) is 6.54 Å². The van der Waals surface area contributed by atoms with E-state index in [-0.39, 0.29) is 30.3 Å². The second-order valence-electron chi connectivity index (χ2n) is 9.70. The Kier molecular flexibility index (Phi) is 6.53. The Bertz CT molecular complexity index is 792. The van der Waals surface area contributed by atoms with Crippen molar-refractivity contribution in [2.24, 2.45) is 11.8 Å². The molecular formula is C24H35N3O3. The van der Waals surface area contributed by atoms with Crippen molar-refractivity contribution in [1.82, 2.24) is 15.5 Å². The van der Waals surface area contributed by atoms with Crippen LogP contribution in [-0.4, -0.2) is 34.8 Å². The third-order valence-corrected chi connectivity index (χ3v) is 6.62. The van der Waals surface area contributed by atoms with E-state index in [9.17, 15) is 14.4 Å². The van der Waals surface area contributed by atoms with Gasteiger partial charge in [-0.2, -0.15) is 0 Å². The minimum absolute atomic E-state index is 0.174. The zero-order valence-electron chi connectivity index (χ0n) is 18.8. The van der Waals surface area contributed by atoms with Crippen LogP contribution in [0.1, 0.15) is 83.4 Å². The first-order chi connectivity index (χ1) is 14.1. The third kappa shape index (κ3) is 4.52. The number of amides is 4. The van der Waals surface area contributed by atoms with Crippen LogP contribution in [0.3, 0.4) is 0 Å². The Labute approximate surface area is 179 Å². The van der Waals surface area contributed by atoms with E-state index in [0.717, 1.165) is 23.3 Å². The molecule has 1 aliphatic carbocycles. The molecule has 4 amide bonds. The number of nitrogens with one attached hydrogen (secondary N) is 2. The number of carbonyl (C=O) groups is 3. The summed E-state index contributed by atoms with van der Waals surface area (Å²) < 4.78 is 0. The maximum atomic E-state index is 13.0. The van der Waals surface area contributed by atoms with Crippen LogP contribution in [0.25, 0.3) is 0 Å². The molecule has 1 aliphatic heterocycles. The van der Waals surface area contributed by atoms with Crippen LogP contribution in [-0.2, 0) is 9.59 Å². The highest BCUT2D eigenvalue weighted by Crippen LogP contribution is 2.36. The van der Waals surface area contributed by atoms with Gasteiger partial charge in [0, 0.05) is 0 Å². The van der Waals surface area contributed by atoms with Crippen LogP contribution in [0.2, 0.25) is 0 Å². The van der Waals surface area contributed by atoms with Gasteiger partial charge in [0.2, 0.25) is 5.91 Å². The Morgan fingerprint density at radius 3 is 2.20 bits per heavy atom. The Morgan fingerprint density at radius 1 is 1.10 bits per heavy atom. The second-order valence-corrected chi connectivity index (χ2v) is 9.70. The fourth-order valence-corrected chi connectivity index (χ4v) is 4.50. The predicted octanol–water partition coefficient (Wildman–Crippen LogP) is 4.12. The molecule has 1 spiro atoms. The summed E-state index contributed by atoms with van der Waals surface area (Å²) in [7, 11) is 0. The predicted molar refractivity (Wildman–Crippen MR) is 117 cm³/mol. The molecule has 164 valence electrons. The SMILES string of the molecule is CC1CCC2(CC1)NC(=O)N(CC(=O)N[C@@H](c1ccc(C(C)C)cc1)C(C)C)C2=O. The number of benzene rings is 1. The van der Waals surface area contributed by atoms with Gasteiger partial charge in [-0.15, -0.1) is 0 Å². The smallest absolute Gasteiger partial charge is 0.325 e. The van der Waals surface area contributed by atoms with Gasteiger partial charge in [0.05, 0.1) is 6.04 Å². The largest absolute Gasteiger partial charge is 0.347 e. The first-order valence-corrected chi connectivity index (χ1v) is 11.2. The Balaban J connectivity index is 1.67.